The van der Waals surface area contributed by atoms with Crippen molar-refractivity contribution < 1.29 is 24.2 Å². The highest BCUT2D eigenvalue weighted by molar-refractivity contribution is 5.82. The van der Waals surface area contributed by atoms with Crippen LogP contribution in [0.1, 0.15) is 12.8 Å². The number of nitrogens with one attached hydrogen (secondary N) is 2. The van der Waals surface area contributed by atoms with Crippen LogP contribution < -0.4 is 10.6 Å². The van der Waals surface area contributed by atoms with Crippen molar-refractivity contribution in [3.8, 4) is 0 Å². The molecule has 2 amide bonds. The van der Waals surface area contributed by atoms with Crippen molar-refractivity contribution in [1.82, 2.24) is 10.6 Å². The molecule has 0 bridgehead atoms. The molecule has 0 heterocycles. The van der Waals surface area contributed by atoms with E-state index in [1.54, 1.807) is 0 Å². The molecule has 1 atom stereocenters. The molecule has 1 aliphatic carbocycles. The molecular weight excluding hydrogens is 240 g/mol. The van der Waals surface area contributed by atoms with E-state index in [1.807, 2.05) is 0 Å². The molecule has 18 heavy (non-hydrogen) atoms. The molecule has 104 valence electrons. The van der Waals surface area contributed by atoms with E-state index in [4.69, 9.17) is 14.6 Å². The van der Waals surface area contributed by atoms with Crippen molar-refractivity contribution in [2.45, 2.75) is 18.9 Å². The maximum atomic E-state index is 11.3. The molecule has 7 nitrogen and oxygen atoms in total. The maximum absolute atomic E-state index is 11.3. The number of hydrogen-bond donors (Lipinski definition) is 3. The van der Waals surface area contributed by atoms with Crippen molar-refractivity contribution in [3.63, 3.8) is 0 Å². The zero-order chi connectivity index (χ0) is 13.4. The molecule has 3 N–H and O–H groups in total. The SMILES string of the molecule is COCC(NC(=O)NCCOCC1CC1)C(=O)O. The molecule has 7 heteroatoms. The van der Waals surface area contributed by atoms with Crippen LogP contribution in [0.5, 0.6) is 0 Å². The molecule has 1 rings (SSSR count). The zero-order valence-electron chi connectivity index (χ0n) is 10.5. The van der Waals surface area contributed by atoms with Crippen molar-refractivity contribution in [1.29, 1.82) is 0 Å². The van der Waals surface area contributed by atoms with E-state index in [9.17, 15) is 9.59 Å². The third-order valence-corrected chi connectivity index (χ3v) is 2.52. The number of hydrogen-bond acceptors (Lipinski definition) is 4. The molecule has 0 aromatic carbocycles. The summed E-state index contributed by atoms with van der Waals surface area (Å²) in [6, 6.07) is -1.57. The van der Waals surface area contributed by atoms with Crippen LogP contribution in [0.15, 0.2) is 0 Å². The van der Waals surface area contributed by atoms with Crippen LogP contribution in [0, 0.1) is 5.92 Å². The number of urea groups is 1. The third kappa shape index (κ3) is 6.41. The summed E-state index contributed by atoms with van der Waals surface area (Å²) in [5.41, 5.74) is 0. The molecule has 0 aromatic heterocycles. The average Bonchev–Trinajstić information content (AvgIpc) is 3.12. The van der Waals surface area contributed by atoms with E-state index < -0.39 is 18.0 Å². The quantitative estimate of drug-likeness (QED) is 0.499. The van der Waals surface area contributed by atoms with Crippen molar-refractivity contribution >= 4 is 12.0 Å². The van der Waals surface area contributed by atoms with Crippen LogP contribution in [0.4, 0.5) is 4.79 Å². The smallest absolute Gasteiger partial charge is 0.328 e. The topological polar surface area (TPSA) is 96.9 Å². The number of rotatable bonds is 9. The predicted molar refractivity (Wildman–Crippen MR) is 63.4 cm³/mol. The lowest BCUT2D eigenvalue weighted by Gasteiger charge is -2.14. The second kappa shape index (κ2) is 7.88. The molecule has 1 aliphatic rings. The minimum atomic E-state index is -1.13. The molecule has 0 radical (unpaired) electrons. The van der Waals surface area contributed by atoms with E-state index in [0.29, 0.717) is 19.1 Å². The van der Waals surface area contributed by atoms with Crippen molar-refractivity contribution in [2.24, 2.45) is 5.92 Å². The maximum Gasteiger partial charge on any atom is 0.328 e. The number of carbonyl (C=O) groups is 2. The van der Waals surface area contributed by atoms with Crippen LogP contribution in [-0.2, 0) is 14.3 Å². The summed E-state index contributed by atoms with van der Waals surface area (Å²) in [4.78, 5) is 22.1. The Morgan fingerprint density at radius 2 is 2.17 bits per heavy atom. The van der Waals surface area contributed by atoms with Gasteiger partial charge in [-0.05, 0) is 18.8 Å². The number of carboxylic acid groups (broad SMARTS) is 1. The summed E-state index contributed by atoms with van der Waals surface area (Å²) in [6.45, 7) is 1.47. The first-order valence-corrected chi connectivity index (χ1v) is 5.97. The lowest BCUT2D eigenvalue weighted by Crippen LogP contribution is -2.48. The number of carbonyl (C=O) groups excluding carboxylic acids is 1. The van der Waals surface area contributed by atoms with Gasteiger partial charge in [0.05, 0.1) is 13.2 Å². The van der Waals surface area contributed by atoms with Gasteiger partial charge >= 0.3 is 12.0 Å². The Labute approximate surface area is 106 Å². The van der Waals surface area contributed by atoms with Gasteiger partial charge in [0.25, 0.3) is 0 Å². The summed E-state index contributed by atoms with van der Waals surface area (Å²) in [7, 11) is 1.38. The predicted octanol–water partition coefficient (Wildman–Crippen LogP) is -0.188. The Morgan fingerprint density at radius 1 is 1.44 bits per heavy atom. The first kappa shape index (κ1) is 14.7. The minimum Gasteiger partial charge on any atom is -0.480 e. The Morgan fingerprint density at radius 3 is 2.72 bits per heavy atom. The minimum absolute atomic E-state index is 0.0685. The first-order chi connectivity index (χ1) is 8.63. The van der Waals surface area contributed by atoms with E-state index in [-0.39, 0.29) is 6.61 Å². The highest BCUT2D eigenvalue weighted by Gasteiger charge is 2.21. The lowest BCUT2D eigenvalue weighted by atomic mass is 10.3. The van der Waals surface area contributed by atoms with Gasteiger partial charge in [-0.3, -0.25) is 0 Å². The first-order valence-electron chi connectivity index (χ1n) is 5.97. The Hall–Kier alpha value is -1.34. The Kier molecular flexibility index (Phi) is 6.45. The second-order valence-corrected chi connectivity index (χ2v) is 4.26. The second-order valence-electron chi connectivity index (χ2n) is 4.26. The number of amides is 2. The van der Waals surface area contributed by atoms with Crippen LogP contribution in [0.2, 0.25) is 0 Å². The average molecular weight is 260 g/mol. The van der Waals surface area contributed by atoms with E-state index in [2.05, 4.69) is 10.6 Å². The number of carboxylic acids is 1. The van der Waals surface area contributed by atoms with Crippen LogP contribution in [-0.4, -0.2) is 56.6 Å². The van der Waals surface area contributed by atoms with Gasteiger partial charge in [-0.2, -0.15) is 0 Å². The van der Waals surface area contributed by atoms with Gasteiger partial charge in [-0.1, -0.05) is 0 Å². The summed E-state index contributed by atoms with van der Waals surface area (Å²) in [6.07, 6.45) is 2.45. The largest absolute Gasteiger partial charge is 0.480 e. The molecule has 1 saturated carbocycles. The highest BCUT2D eigenvalue weighted by Crippen LogP contribution is 2.28. The zero-order valence-corrected chi connectivity index (χ0v) is 10.5. The monoisotopic (exact) mass is 260 g/mol. The molecule has 0 aliphatic heterocycles. The normalized spacial score (nSPS) is 16.1. The fourth-order valence-electron chi connectivity index (χ4n) is 1.32. The number of ether oxygens (including phenoxy) is 2. The van der Waals surface area contributed by atoms with Gasteiger partial charge < -0.3 is 25.2 Å². The van der Waals surface area contributed by atoms with Crippen molar-refractivity contribution in [2.75, 3.05) is 33.5 Å². The van der Waals surface area contributed by atoms with Gasteiger partial charge in [-0.15, -0.1) is 0 Å². The van der Waals surface area contributed by atoms with E-state index in [1.165, 1.54) is 20.0 Å². The van der Waals surface area contributed by atoms with E-state index in [0.717, 1.165) is 6.61 Å². The van der Waals surface area contributed by atoms with Gasteiger partial charge in [0.15, 0.2) is 6.04 Å². The fraction of sp³-hybridized carbons (Fsp3) is 0.818. The molecule has 1 unspecified atom stereocenters. The third-order valence-electron chi connectivity index (χ3n) is 2.52. The molecule has 0 saturated heterocycles. The fourth-order valence-corrected chi connectivity index (χ4v) is 1.32. The number of methoxy groups -OCH3 is 1. The lowest BCUT2D eigenvalue weighted by molar-refractivity contribution is -0.140. The standard InChI is InChI=1S/C11H20N2O5/c1-17-7-9(10(14)15)13-11(16)12-4-5-18-6-8-2-3-8/h8-9H,2-7H2,1H3,(H,14,15)(H2,12,13,16). The Balaban J connectivity index is 2.04. The number of aliphatic carboxylic acids is 1. The molecule has 1 fully saturated rings. The van der Waals surface area contributed by atoms with Crippen LogP contribution in [0.25, 0.3) is 0 Å². The summed E-state index contributed by atoms with van der Waals surface area (Å²) in [5.74, 6) is -0.436. The van der Waals surface area contributed by atoms with Crippen LogP contribution in [0.3, 0.4) is 0 Å². The Bertz CT molecular complexity index is 281. The van der Waals surface area contributed by atoms with E-state index >= 15 is 0 Å². The molecular formula is C11H20N2O5. The van der Waals surface area contributed by atoms with Gasteiger partial charge in [0.2, 0.25) is 0 Å². The van der Waals surface area contributed by atoms with Crippen molar-refractivity contribution in [3.05, 3.63) is 0 Å². The highest BCUT2D eigenvalue weighted by atomic mass is 16.5. The molecule has 0 aromatic rings. The summed E-state index contributed by atoms with van der Waals surface area (Å²) >= 11 is 0. The summed E-state index contributed by atoms with van der Waals surface area (Å²) in [5, 5.41) is 13.6. The van der Waals surface area contributed by atoms with Gasteiger partial charge in [0.1, 0.15) is 0 Å². The van der Waals surface area contributed by atoms with Gasteiger partial charge in [0, 0.05) is 20.3 Å². The molecule has 0 spiro atoms. The van der Waals surface area contributed by atoms with Gasteiger partial charge in [-0.25, -0.2) is 9.59 Å². The van der Waals surface area contributed by atoms with Crippen LogP contribution >= 0.6 is 0 Å². The summed E-state index contributed by atoms with van der Waals surface area (Å²) < 4.78 is 10.0.